The van der Waals surface area contributed by atoms with E-state index < -0.39 is 0 Å². The third kappa shape index (κ3) is 3.00. The number of likely N-dealkylation sites (tertiary alicyclic amines) is 1. The number of nitrogens with zero attached hydrogens (tertiary/aromatic N) is 1. The lowest BCUT2D eigenvalue weighted by atomic mass is 9.95. The maximum Gasteiger partial charge on any atom is 0.260 e. The summed E-state index contributed by atoms with van der Waals surface area (Å²) in [6, 6.07) is 4.98. The van der Waals surface area contributed by atoms with E-state index in [0.717, 1.165) is 4.47 Å². The third-order valence-corrected chi connectivity index (χ3v) is 4.74. The molecule has 0 aliphatic carbocycles. The summed E-state index contributed by atoms with van der Waals surface area (Å²) in [5.41, 5.74) is 0.450. The molecule has 1 aliphatic rings. The van der Waals surface area contributed by atoms with Gasteiger partial charge < -0.3 is 0 Å². The first-order valence-electron chi connectivity index (χ1n) is 6.20. The van der Waals surface area contributed by atoms with Crippen LogP contribution in [0.15, 0.2) is 22.7 Å². The Labute approximate surface area is 126 Å². The SMILES string of the molecule is CC(C)C1CC(=O)N(C(=O)c2ccc(Br)c(Cl)c2)C1. The van der Waals surface area contributed by atoms with Crippen molar-refractivity contribution in [2.24, 2.45) is 11.8 Å². The number of amides is 2. The van der Waals surface area contributed by atoms with E-state index in [1.54, 1.807) is 18.2 Å². The molecule has 1 saturated heterocycles. The number of hydrogen-bond donors (Lipinski definition) is 0. The number of imide groups is 1. The van der Waals surface area contributed by atoms with Gasteiger partial charge in [0, 0.05) is 23.0 Å². The smallest absolute Gasteiger partial charge is 0.260 e. The first kappa shape index (κ1) is 14.5. The van der Waals surface area contributed by atoms with Crippen molar-refractivity contribution in [1.29, 1.82) is 0 Å². The number of halogens is 2. The number of hydrogen-bond acceptors (Lipinski definition) is 2. The summed E-state index contributed by atoms with van der Waals surface area (Å²) in [7, 11) is 0. The topological polar surface area (TPSA) is 37.4 Å². The minimum atomic E-state index is -0.262. The van der Waals surface area contributed by atoms with Crippen LogP contribution in [0.1, 0.15) is 30.6 Å². The minimum Gasteiger partial charge on any atom is -0.278 e. The zero-order valence-corrected chi connectivity index (χ0v) is 13.2. The fourth-order valence-electron chi connectivity index (χ4n) is 2.16. The van der Waals surface area contributed by atoms with E-state index >= 15 is 0 Å². The van der Waals surface area contributed by atoms with Crippen molar-refractivity contribution in [3.05, 3.63) is 33.3 Å². The van der Waals surface area contributed by atoms with Crippen LogP contribution in [0.4, 0.5) is 0 Å². The molecule has 0 N–H and O–H groups in total. The van der Waals surface area contributed by atoms with Gasteiger partial charge in [0.25, 0.3) is 5.91 Å². The summed E-state index contributed by atoms with van der Waals surface area (Å²) in [4.78, 5) is 25.6. The van der Waals surface area contributed by atoms with Crippen LogP contribution in [0, 0.1) is 11.8 Å². The molecule has 1 atom stereocenters. The van der Waals surface area contributed by atoms with Gasteiger partial charge in [0.05, 0.1) is 5.02 Å². The van der Waals surface area contributed by atoms with E-state index in [1.807, 2.05) is 0 Å². The third-order valence-electron chi connectivity index (χ3n) is 3.51. The molecule has 2 amide bonds. The van der Waals surface area contributed by atoms with Gasteiger partial charge in [0.2, 0.25) is 5.91 Å². The summed E-state index contributed by atoms with van der Waals surface area (Å²) in [6.07, 6.45) is 0.452. The average molecular weight is 345 g/mol. The Hall–Kier alpha value is -0.870. The first-order valence-corrected chi connectivity index (χ1v) is 7.37. The Bertz CT molecular complexity index is 530. The molecule has 1 unspecified atom stereocenters. The average Bonchev–Trinajstić information content (AvgIpc) is 2.74. The second kappa shape index (κ2) is 5.63. The van der Waals surface area contributed by atoms with Crippen molar-refractivity contribution >= 4 is 39.3 Å². The maximum atomic E-state index is 12.3. The van der Waals surface area contributed by atoms with Gasteiger partial charge in [-0.3, -0.25) is 14.5 Å². The highest BCUT2D eigenvalue weighted by molar-refractivity contribution is 9.10. The highest BCUT2D eigenvalue weighted by Gasteiger charge is 2.35. The number of rotatable bonds is 2. The zero-order chi connectivity index (χ0) is 14.2. The lowest BCUT2D eigenvalue weighted by Crippen LogP contribution is -2.32. The molecule has 1 aromatic carbocycles. The molecule has 102 valence electrons. The van der Waals surface area contributed by atoms with Crippen molar-refractivity contribution in [3.63, 3.8) is 0 Å². The van der Waals surface area contributed by atoms with Gasteiger partial charge in [-0.25, -0.2) is 0 Å². The molecular weight excluding hydrogens is 330 g/mol. The molecule has 0 radical (unpaired) electrons. The van der Waals surface area contributed by atoms with E-state index in [0.29, 0.717) is 29.5 Å². The van der Waals surface area contributed by atoms with Crippen LogP contribution in [0.25, 0.3) is 0 Å². The van der Waals surface area contributed by atoms with Crippen molar-refractivity contribution in [2.75, 3.05) is 6.54 Å². The monoisotopic (exact) mass is 343 g/mol. The Balaban J connectivity index is 2.20. The first-order chi connectivity index (χ1) is 8.90. The van der Waals surface area contributed by atoms with Crippen LogP contribution in [0.5, 0.6) is 0 Å². The van der Waals surface area contributed by atoms with E-state index in [-0.39, 0.29) is 17.7 Å². The Morgan fingerprint density at radius 3 is 2.68 bits per heavy atom. The van der Waals surface area contributed by atoms with Gasteiger partial charge in [-0.1, -0.05) is 25.4 Å². The second-order valence-electron chi connectivity index (χ2n) is 5.15. The van der Waals surface area contributed by atoms with Gasteiger partial charge >= 0.3 is 0 Å². The lowest BCUT2D eigenvalue weighted by molar-refractivity contribution is -0.125. The fourth-order valence-corrected chi connectivity index (χ4v) is 2.59. The van der Waals surface area contributed by atoms with Gasteiger partial charge in [-0.05, 0) is 46.0 Å². The largest absolute Gasteiger partial charge is 0.278 e. The maximum absolute atomic E-state index is 12.3. The van der Waals surface area contributed by atoms with Crippen LogP contribution in [-0.4, -0.2) is 23.3 Å². The summed E-state index contributed by atoms with van der Waals surface area (Å²) < 4.78 is 0.735. The molecule has 5 heteroatoms. The zero-order valence-electron chi connectivity index (χ0n) is 10.8. The van der Waals surface area contributed by atoms with Gasteiger partial charge in [0.15, 0.2) is 0 Å². The van der Waals surface area contributed by atoms with Gasteiger partial charge in [0.1, 0.15) is 0 Å². The predicted octanol–water partition coefficient (Wildman–Crippen LogP) is 3.75. The van der Waals surface area contributed by atoms with Crippen LogP contribution in [-0.2, 0) is 4.79 Å². The molecule has 1 fully saturated rings. The Morgan fingerprint density at radius 1 is 1.47 bits per heavy atom. The fraction of sp³-hybridized carbons (Fsp3) is 0.429. The summed E-state index contributed by atoms with van der Waals surface area (Å²) in [5, 5.41) is 0.470. The summed E-state index contributed by atoms with van der Waals surface area (Å²) in [6.45, 7) is 4.65. The number of carbonyl (C=O) groups is 2. The minimum absolute atomic E-state index is 0.0947. The summed E-state index contributed by atoms with van der Waals surface area (Å²) in [5.74, 6) is 0.294. The van der Waals surface area contributed by atoms with E-state index in [2.05, 4.69) is 29.8 Å². The molecule has 19 heavy (non-hydrogen) atoms. The highest BCUT2D eigenvalue weighted by Crippen LogP contribution is 2.28. The van der Waals surface area contributed by atoms with Crippen molar-refractivity contribution < 1.29 is 9.59 Å². The van der Waals surface area contributed by atoms with Gasteiger partial charge in [-0.15, -0.1) is 0 Å². The number of benzene rings is 1. The van der Waals surface area contributed by atoms with Crippen molar-refractivity contribution in [3.8, 4) is 0 Å². The standard InChI is InChI=1S/C14H15BrClNO2/c1-8(2)10-6-13(18)17(7-10)14(19)9-3-4-11(15)12(16)5-9/h3-5,8,10H,6-7H2,1-2H3. The lowest BCUT2D eigenvalue weighted by Gasteiger charge is -2.16. The van der Waals surface area contributed by atoms with Crippen LogP contribution >= 0.6 is 27.5 Å². The van der Waals surface area contributed by atoms with Crippen LogP contribution < -0.4 is 0 Å². The van der Waals surface area contributed by atoms with E-state index in [9.17, 15) is 9.59 Å². The van der Waals surface area contributed by atoms with Crippen LogP contribution in [0.2, 0.25) is 5.02 Å². The Kier molecular flexibility index (Phi) is 4.31. The molecule has 1 aliphatic heterocycles. The summed E-state index contributed by atoms with van der Waals surface area (Å²) >= 11 is 9.26. The molecule has 1 aromatic rings. The number of carbonyl (C=O) groups excluding carboxylic acids is 2. The Morgan fingerprint density at radius 2 is 2.16 bits per heavy atom. The van der Waals surface area contributed by atoms with E-state index in [1.165, 1.54) is 4.90 Å². The predicted molar refractivity (Wildman–Crippen MR) is 78.1 cm³/mol. The molecule has 0 saturated carbocycles. The molecule has 2 rings (SSSR count). The molecule has 3 nitrogen and oxygen atoms in total. The van der Waals surface area contributed by atoms with Crippen LogP contribution in [0.3, 0.4) is 0 Å². The second-order valence-corrected chi connectivity index (χ2v) is 6.41. The highest BCUT2D eigenvalue weighted by atomic mass is 79.9. The van der Waals surface area contributed by atoms with Gasteiger partial charge in [-0.2, -0.15) is 0 Å². The molecule has 0 spiro atoms. The van der Waals surface area contributed by atoms with Crippen molar-refractivity contribution in [2.45, 2.75) is 20.3 Å². The molecule has 0 aromatic heterocycles. The molecule has 1 heterocycles. The molecular formula is C14H15BrClNO2. The normalized spacial score (nSPS) is 19.3. The van der Waals surface area contributed by atoms with Crippen molar-refractivity contribution in [1.82, 2.24) is 4.90 Å². The molecule has 0 bridgehead atoms. The van der Waals surface area contributed by atoms with E-state index in [4.69, 9.17) is 11.6 Å². The quantitative estimate of drug-likeness (QED) is 0.766.